The molecular formula is C24H20FN5OS. The normalized spacial score (nSPS) is 11.3. The average Bonchev–Trinajstić information content (AvgIpc) is 3.36. The first-order valence-corrected chi connectivity index (χ1v) is 11.2. The van der Waals surface area contributed by atoms with Crippen molar-refractivity contribution in [3.63, 3.8) is 0 Å². The van der Waals surface area contributed by atoms with Crippen LogP contribution < -0.4 is 5.32 Å². The molecule has 0 aliphatic rings. The summed E-state index contributed by atoms with van der Waals surface area (Å²) in [6.45, 7) is 0.543. The van der Waals surface area contributed by atoms with E-state index in [0.29, 0.717) is 30.9 Å². The summed E-state index contributed by atoms with van der Waals surface area (Å²) >= 11 is 1.47. The maximum Gasteiger partial charge on any atom is 0.226 e. The number of fused-ring (bicyclic) bond motifs is 2. The zero-order valence-electron chi connectivity index (χ0n) is 17.2. The van der Waals surface area contributed by atoms with Crippen molar-refractivity contribution in [3.8, 4) is 0 Å². The van der Waals surface area contributed by atoms with Crippen molar-refractivity contribution in [1.29, 1.82) is 0 Å². The van der Waals surface area contributed by atoms with Crippen LogP contribution in [-0.2, 0) is 17.8 Å². The maximum atomic E-state index is 13.3. The number of hydrogen-bond acceptors (Lipinski definition) is 5. The number of carbonyl (C=O) groups is 1. The molecule has 1 amide bonds. The van der Waals surface area contributed by atoms with Gasteiger partial charge < -0.3 is 9.88 Å². The summed E-state index contributed by atoms with van der Waals surface area (Å²) in [5.41, 5.74) is 3.44. The molecule has 5 aromatic rings. The number of para-hydroxylation sites is 1. The van der Waals surface area contributed by atoms with E-state index in [1.807, 2.05) is 41.0 Å². The van der Waals surface area contributed by atoms with Crippen LogP contribution in [0.25, 0.3) is 21.4 Å². The van der Waals surface area contributed by atoms with Gasteiger partial charge in [0, 0.05) is 19.0 Å². The molecule has 0 fully saturated rings. The number of rotatable bonds is 7. The van der Waals surface area contributed by atoms with Crippen molar-refractivity contribution in [1.82, 2.24) is 19.5 Å². The zero-order valence-corrected chi connectivity index (χ0v) is 18.0. The summed E-state index contributed by atoms with van der Waals surface area (Å²) in [7, 11) is 0. The first-order chi connectivity index (χ1) is 15.7. The molecule has 0 atom stereocenters. The van der Waals surface area contributed by atoms with E-state index in [1.54, 1.807) is 18.3 Å². The Bertz CT molecular complexity index is 1360. The highest BCUT2D eigenvalue weighted by atomic mass is 32.1. The van der Waals surface area contributed by atoms with Gasteiger partial charge in [0.05, 0.1) is 16.8 Å². The maximum absolute atomic E-state index is 13.3. The number of hydrogen-bond donors (Lipinski definition) is 1. The molecule has 1 N–H and O–H groups in total. The van der Waals surface area contributed by atoms with Gasteiger partial charge in [0.1, 0.15) is 17.2 Å². The Balaban J connectivity index is 1.27. The third kappa shape index (κ3) is 4.36. The van der Waals surface area contributed by atoms with Crippen molar-refractivity contribution >= 4 is 43.8 Å². The molecule has 0 saturated carbocycles. The molecule has 3 aromatic heterocycles. The Morgan fingerprint density at radius 1 is 1.00 bits per heavy atom. The van der Waals surface area contributed by atoms with E-state index in [4.69, 9.17) is 4.98 Å². The quantitative estimate of drug-likeness (QED) is 0.374. The first-order valence-electron chi connectivity index (χ1n) is 10.4. The van der Waals surface area contributed by atoms with E-state index in [2.05, 4.69) is 15.3 Å². The minimum absolute atomic E-state index is 0.0663. The average molecular weight is 446 g/mol. The predicted molar refractivity (Wildman–Crippen MR) is 124 cm³/mol. The van der Waals surface area contributed by atoms with Crippen LogP contribution in [0.4, 0.5) is 9.52 Å². The molecule has 5 rings (SSSR count). The number of aryl methyl sites for hydroxylation is 1. The minimum atomic E-state index is -0.262. The minimum Gasteiger partial charge on any atom is -0.308 e. The summed E-state index contributed by atoms with van der Waals surface area (Å²) < 4.78 is 16.4. The number of anilines is 1. The van der Waals surface area contributed by atoms with Gasteiger partial charge in [0.15, 0.2) is 10.8 Å². The van der Waals surface area contributed by atoms with Crippen LogP contribution in [0.3, 0.4) is 0 Å². The van der Waals surface area contributed by atoms with Gasteiger partial charge in [-0.25, -0.2) is 19.3 Å². The highest BCUT2D eigenvalue weighted by Gasteiger charge is 2.14. The summed E-state index contributed by atoms with van der Waals surface area (Å²) in [6.07, 6.45) is 3.37. The molecule has 8 heteroatoms. The topological polar surface area (TPSA) is 72.7 Å². The van der Waals surface area contributed by atoms with Crippen LogP contribution in [0.1, 0.15) is 24.2 Å². The monoisotopic (exact) mass is 445 g/mol. The van der Waals surface area contributed by atoms with E-state index in [-0.39, 0.29) is 11.7 Å². The second-order valence-corrected chi connectivity index (χ2v) is 8.51. The number of aromatic nitrogens is 4. The third-order valence-corrected chi connectivity index (χ3v) is 6.13. The van der Waals surface area contributed by atoms with Crippen molar-refractivity contribution in [2.24, 2.45) is 0 Å². The van der Waals surface area contributed by atoms with Gasteiger partial charge in [-0.15, -0.1) is 0 Å². The SMILES string of the molecule is O=C(CCCc1nc2cccnc2n1Cc1ccc(F)cc1)Nc1nc2ccccc2s1. The van der Waals surface area contributed by atoms with Crippen LogP contribution >= 0.6 is 11.3 Å². The van der Waals surface area contributed by atoms with Crippen molar-refractivity contribution in [2.75, 3.05) is 5.32 Å². The number of amides is 1. The van der Waals surface area contributed by atoms with E-state index >= 15 is 0 Å². The molecule has 0 aliphatic heterocycles. The van der Waals surface area contributed by atoms with Crippen LogP contribution in [0.2, 0.25) is 0 Å². The zero-order chi connectivity index (χ0) is 21.9. The lowest BCUT2D eigenvalue weighted by Crippen LogP contribution is -2.12. The Morgan fingerprint density at radius 3 is 2.66 bits per heavy atom. The Hall–Kier alpha value is -3.65. The number of carbonyl (C=O) groups excluding carboxylic acids is 1. The lowest BCUT2D eigenvalue weighted by Gasteiger charge is -2.09. The molecule has 32 heavy (non-hydrogen) atoms. The molecule has 3 heterocycles. The predicted octanol–water partition coefficient (Wildman–Crippen LogP) is 5.19. The van der Waals surface area contributed by atoms with Crippen molar-refractivity contribution in [3.05, 3.63) is 84.1 Å². The fourth-order valence-electron chi connectivity index (χ4n) is 3.65. The Labute approximate surface area is 187 Å². The Kier molecular flexibility index (Phi) is 5.60. The van der Waals surface area contributed by atoms with Gasteiger partial charge in [-0.2, -0.15) is 0 Å². The number of pyridine rings is 1. The molecule has 6 nitrogen and oxygen atoms in total. The summed E-state index contributed by atoms with van der Waals surface area (Å²) in [5, 5.41) is 3.51. The summed E-state index contributed by atoms with van der Waals surface area (Å²) in [4.78, 5) is 26.1. The van der Waals surface area contributed by atoms with E-state index < -0.39 is 0 Å². The van der Waals surface area contributed by atoms with Gasteiger partial charge in [-0.3, -0.25) is 4.79 Å². The Morgan fingerprint density at radius 2 is 1.81 bits per heavy atom. The fourth-order valence-corrected chi connectivity index (χ4v) is 4.53. The lowest BCUT2D eigenvalue weighted by atomic mass is 10.2. The number of imidazole rings is 1. The molecule has 0 bridgehead atoms. The second-order valence-electron chi connectivity index (χ2n) is 7.48. The van der Waals surface area contributed by atoms with Crippen molar-refractivity contribution < 1.29 is 9.18 Å². The van der Waals surface area contributed by atoms with Gasteiger partial charge in [0.25, 0.3) is 0 Å². The molecule has 0 saturated heterocycles. The first kappa shape index (κ1) is 20.3. The fraction of sp³-hybridized carbons (Fsp3) is 0.167. The van der Waals surface area contributed by atoms with E-state index in [0.717, 1.165) is 32.8 Å². The number of nitrogens with zero attached hydrogens (tertiary/aromatic N) is 4. The second kappa shape index (κ2) is 8.84. The number of benzene rings is 2. The van der Waals surface area contributed by atoms with Crippen LogP contribution in [0.15, 0.2) is 66.9 Å². The molecule has 0 aliphatic carbocycles. The van der Waals surface area contributed by atoms with E-state index in [1.165, 1.54) is 23.5 Å². The molecule has 160 valence electrons. The van der Waals surface area contributed by atoms with Gasteiger partial charge in [-0.05, 0) is 48.4 Å². The highest BCUT2D eigenvalue weighted by Crippen LogP contribution is 2.25. The molecule has 0 unspecified atom stereocenters. The van der Waals surface area contributed by atoms with Gasteiger partial charge in [-0.1, -0.05) is 35.6 Å². The number of nitrogens with one attached hydrogen (secondary N) is 1. The van der Waals surface area contributed by atoms with Crippen molar-refractivity contribution in [2.45, 2.75) is 25.8 Å². The molecule has 2 aromatic carbocycles. The third-order valence-electron chi connectivity index (χ3n) is 5.18. The standard InChI is InChI=1S/C24H20FN5OS/c25-17-12-10-16(11-13-17)15-30-21(27-19-6-4-14-26-23(19)30)8-3-9-22(31)29-24-28-18-5-1-2-7-20(18)32-24/h1-2,4-7,10-14H,3,8-9,15H2,(H,28,29,31). The van der Waals surface area contributed by atoms with Gasteiger partial charge >= 0.3 is 0 Å². The smallest absolute Gasteiger partial charge is 0.226 e. The number of thiazole rings is 1. The summed E-state index contributed by atoms with van der Waals surface area (Å²) in [5.74, 6) is 0.529. The van der Waals surface area contributed by atoms with Crippen LogP contribution in [0, 0.1) is 5.82 Å². The lowest BCUT2D eigenvalue weighted by molar-refractivity contribution is -0.116. The molecular weight excluding hydrogens is 425 g/mol. The van der Waals surface area contributed by atoms with Crippen LogP contribution in [0.5, 0.6) is 0 Å². The largest absolute Gasteiger partial charge is 0.308 e. The van der Waals surface area contributed by atoms with Gasteiger partial charge in [0.2, 0.25) is 5.91 Å². The summed E-state index contributed by atoms with van der Waals surface area (Å²) in [6, 6.07) is 18.0. The van der Waals surface area contributed by atoms with Crippen LogP contribution in [-0.4, -0.2) is 25.4 Å². The number of halogens is 1. The van der Waals surface area contributed by atoms with E-state index in [9.17, 15) is 9.18 Å². The molecule has 0 radical (unpaired) electrons. The highest BCUT2D eigenvalue weighted by molar-refractivity contribution is 7.22. The molecule has 0 spiro atoms.